The molecule has 0 saturated carbocycles. The highest BCUT2D eigenvalue weighted by molar-refractivity contribution is 7.23. The number of nitrogens with two attached hydrogens (primary N) is 1. The molecule has 24 heteroatoms. The van der Waals surface area contributed by atoms with Gasteiger partial charge in [0, 0.05) is 60.7 Å². The number of fused-ring (bicyclic) bond motifs is 4. The second kappa shape index (κ2) is 23.4. The summed E-state index contributed by atoms with van der Waals surface area (Å²) in [6.07, 6.45) is -2.21. The number of likely N-dealkylation sites (tertiary alicyclic amines) is 1. The van der Waals surface area contributed by atoms with Crippen LogP contribution in [0.3, 0.4) is 0 Å². The lowest BCUT2D eigenvalue weighted by Crippen LogP contribution is -2.50. The highest BCUT2D eigenvalue weighted by Crippen LogP contribution is 2.52. The summed E-state index contributed by atoms with van der Waals surface area (Å²) in [5, 5.41) is 35.6. The maximum atomic E-state index is 15.9. The van der Waals surface area contributed by atoms with E-state index in [4.69, 9.17) is 29.9 Å². The number of anilines is 2. The molecule has 3 fully saturated rings. The van der Waals surface area contributed by atoms with E-state index < -0.39 is 71.5 Å². The summed E-state index contributed by atoms with van der Waals surface area (Å²) in [5.74, 6) is -3.55. The Morgan fingerprint density at radius 3 is 2.36 bits per heavy atom. The molecule has 11 rings (SSSR count). The first-order valence-electron chi connectivity index (χ1n) is 27.3. The molecular formula is C60H57F6N11O6S. The topological polar surface area (TPSA) is 219 Å². The highest BCUT2D eigenvalue weighted by atomic mass is 32.1. The van der Waals surface area contributed by atoms with Crippen molar-refractivity contribution in [3.63, 3.8) is 0 Å². The number of aromatic nitrogens is 5. The number of hydrogen-bond donors (Lipinski definition) is 4. The number of aliphatic hydroxyl groups excluding tert-OH is 1. The smallest absolute Gasteiger partial charge is 0.417 e. The standard InChI is InChI=1S/C60H57F6N11O6S/c1-30(2)52(58(80)75-20-6-9-47(75)57(79)70-46(27-78)34-14-16-35(17-15-34)48-42(61)7-5-8-43(48)62)77-26-45(73-74-77)33-12-10-32(11-13-33)29-82-53-50(38-18-19-44(63)54-49(38)40(23-67)55(68)84-54)41(60(64,65)66)22-39-51(53)71-59(83-28-31(3)81-4)72-56(39)76-25-36-21-37(76)24-69-36/h5,7-8,10-19,22,26,30-31,36-37,46-47,52,69,78H,6,9,20-21,24-25,27-29,68H2,1-4H3,(H,70,79)/t31-,36?,37?,46?,47?,52?/m0/s1. The minimum atomic E-state index is -5.04. The first-order valence-corrected chi connectivity index (χ1v) is 28.1. The summed E-state index contributed by atoms with van der Waals surface area (Å²) < 4.78 is 112. The number of methoxy groups -OCH3 is 1. The zero-order valence-corrected chi connectivity index (χ0v) is 46.7. The minimum Gasteiger partial charge on any atom is -0.486 e. The van der Waals surface area contributed by atoms with Crippen LogP contribution in [-0.2, 0) is 27.1 Å². The summed E-state index contributed by atoms with van der Waals surface area (Å²) in [6, 6.07) is 18.9. The first-order chi connectivity index (χ1) is 40.3. The molecule has 436 valence electrons. The van der Waals surface area contributed by atoms with Gasteiger partial charge in [0.1, 0.15) is 70.8 Å². The van der Waals surface area contributed by atoms with Gasteiger partial charge >= 0.3 is 12.2 Å². The van der Waals surface area contributed by atoms with Crippen LogP contribution in [0, 0.1) is 34.7 Å². The predicted octanol–water partition coefficient (Wildman–Crippen LogP) is 9.91. The van der Waals surface area contributed by atoms with Crippen molar-refractivity contribution in [3.05, 3.63) is 131 Å². The fourth-order valence-electron chi connectivity index (χ4n) is 11.5. The van der Waals surface area contributed by atoms with Gasteiger partial charge in [-0.2, -0.15) is 28.4 Å². The van der Waals surface area contributed by atoms with Crippen LogP contribution in [0.1, 0.15) is 74.4 Å². The van der Waals surface area contributed by atoms with Gasteiger partial charge in [-0.3, -0.25) is 9.59 Å². The van der Waals surface area contributed by atoms with Crippen LogP contribution in [0.4, 0.5) is 37.2 Å². The summed E-state index contributed by atoms with van der Waals surface area (Å²) in [6.45, 7) is 5.95. The predicted molar refractivity (Wildman–Crippen MR) is 302 cm³/mol. The number of halogens is 6. The number of piperazine rings is 1. The summed E-state index contributed by atoms with van der Waals surface area (Å²) in [4.78, 5) is 41.4. The number of benzene rings is 5. The van der Waals surface area contributed by atoms with Gasteiger partial charge < -0.3 is 45.5 Å². The van der Waals surface area contributed by atoms with Gasteiger partial charge in [-0.15, -0.1) is 16.4 Å². The van der Waals surface area contributed by atoms with Crippen LogP contribution in [0.25, 0.3) is 54.5 Å². The van der Waals surface area contributed by atoms with Gasteiger partial charge in [-0.25, -0.2) is 17.9 Å². The number of nitrogens with zero attached hydrogens (tertiary/aromatic N) is 8. The Labute approximate surface area is 481 Å². The molecule has 5 aromatic carbocycles. The van der Waals surface area contributed by atoms with E-state index in [1.165, 1.54) is 41.0 Å². The van der Waals surface area contributed by atoms with Crippen LogP contribution >= 0.6 is 11.3 Å². The number of carbonyl (C=O) groups is 2. The third-order valence-electron chi connectivity index (χ3n) is 15.8. The van der Waals surface area contributed by atoms with Gasteiger partial charge in [-0.05, 0) is 78.6 Å². The molecule has 2 amide bonds. The molecule has 17 nitrogen and oxygen atoms in total. The SMILES string of the molecule is CO[C@@H](C)COc1nc(N2CC3CC2CN3)c2cc(C(F)(F)F)c(-c3ccc(F)c4sc(N)c(C#N)c34)c(OCc3ccc(-c4cn(C(C(=O)N5CCCC5C(=O)NC(CO)c5ccc(-c6c(F)cccc6F)cc5)C(C)C)nn4)cc3)c2n1. The van der Waals surface area contributed by atoms with E-state index in [-0.39, 0.29) is 109 Å². The van der Waals surface area contributed by atoms with Gasteiger partial charge in [0.25, 0.3) is 0 Å². The third-order valence-corrected chi connectivity index (χ3v) is 16.8. The van der Waals surface area contributed by atoms with Crippen molar-refractivity contribution < 1.29 is 55.2 Å². The van der Waals surface area contributed by atoms with Crippen LogP contribution in [0.15, 0.2) is 91.1 Å². The lowest BCUT2D eigenvalue weighted by atomic mass is 9.92. The summed E-state index contributed by atoms with van der Waals surface area (Å²) in [7, 11) is 1.50. The molecule has 6 atom stereocenters. The number of nitrogens with one attached hydrogen (secondary N) is 2. The second-order valence-electron chi connectivity index (χ2n) is 21.5. The molecule has 6 heterocycles. The molecular weight excluding hydrogens is 1120 g/mol. The Morgan fingerprint density at radius 2 is 1.70 bits per heavy atom. The molecule has 84 heavy (non-hydrogen) atoms. The van der Waals surface area contributed by atoms with Gasteiger partial charge in [0.15, 0.2) is 5.75 Å². The number of aliphatic hydroxyl groups is 1. The molecule has 8 aromatic rings. The van der Waals surface area contributed by atoms with Crippen molar-refractivity contribution in [2.24, 2.45) is 5.92 Å². The van der Waals surface area contributed by atoms with Crippen molar-refractivity contribution in [2.45, 2.75) is 89.1 Å². The Morgan fingerprint density at radius 1 is 0.964 bits per heavy atom. The fourth-order valence-corrected chi connectivity index (χ4v) is 12.5. The van der Waals surface area contributed by atoms with Crippen molar-refractivity contribution >= 4 is 55.0 Å². The van der Waals surface area contributed by atoms with E-state index in [0.717, 1.165) is 42.0 Å². The van der Waals surface area contributed by atoms with Crippen molar-refractivity contribution in [1.29, 1.82) is 5.26 Å². The number of nitrogen functional groups attached to an aromatic ring is 1. The van der Waals surface area contributed by atoms with Crippen LogP contribution in [-0.4, -0.2) is 111 Å². The zero-order chi connectivity index (χ0) is 59.3. The molecule has 2 bridgehead atoms. The Kier molecular flexibility index (Phi) is 16.0. The third kappa shape index (κ3) is 10.9. The highest BCUT2D eigenvalue weighted by Gasteiger charge is 2.43. The van der Waals surface area contributed by atoms with Gasteiger partial charge in [0.05, 0.1) is 46.3 Å². The number of carbonyl (C=O) groups excluding carboxylic acids is 2. The number of thiophene rings is 1. The van der Waals surface area contributed by atoms with Crippen molar-refractivity contribution in [1.82, 2.24) is 40.5 Å². The molecule has 3 saturated heterocycles. The quantitative estimate of drug-likeness (QED) is 0.0588. The van der Waals surface area contributed by atoms with Gasteiger partial charge in [0.2, 0.25) is 11.8 Å². The fraction of sp³-hybridized carbons (Fsp3) is 0.350. The van der Waals surface area contributed by atoms with E-state index in [2.05, 4.69) is 20.9 Å². The number of ether oxygens (including phenoxy) is 3. The van der Waals surface area contributed by atoms with E-state index in [1.54, 1.807) is 49.5 Å². The largest absolute Gasteiger partial charge is 0.486 e. The van der Waals surface area contributed by atoms with Crippen molar-refractivity contribution in [2.75, 3.05) is 50.6 Å². The van der Waals surface area contributed by atoms with E-state index in [1.807, 2.05) is 24.8 Å². The summed E-state index contributed by atoms with van der Waals surface area (Å²) >= 11 is 0.748. The van der Waals surface area contributed by atoms with Crippen LogP contribution < -0.4 is 30.7 Å². The average Bonchev–Trinajstić information content (AvgIpc) is 1.33. The number of hydrogen-bond acceptors (Lipinski definition) is 15. The molecule has 0 radical (unpaired) electrons. The molecule has 5 unspecified atom stereocenters. The molecule has 0 aliphatic carbocycles. The Hall–Kier alpha value is -8.37. The van der Waals surface area contributed by atoms with E-state index in [9.17, 15) is 28.7 Å². The number of amides is 2. The molecule has 0 spiro atoms. The van der Waals surface area contributed by atoms with Crippen LogP contribution in [0.2, 0.25) is 0 Å². The Bertz CT molecular complexity index is 3840. The maximum Gasteiger partial charge on any atom is 0.417 e. The number of alkyl halides is 3. The minimum absolute atomic E-state index is 0.00174. The average molecular weight is 1170 g/mol. The monoisotopic (exact) mass is 1170 g/mol. The van der Waals surface area contributed by atoms with Crippen LogP contribution in [0.5, 0.6) is 11.8 Å². The maximum absolute atomic E-state index is 15.9. The normalized spacial score (nSPS) is 18.0. The zero-order valence-electron chi connectivity index (χ0n) is 45.9. The van der Waals surface area contributed by atoms with Gasteiger partial charge in [-0.1, -0.05) is 79.7 Å². The Balaban J connectivity index is 0.882. The first kappa shape index (κ1) is 57.4. The van der Waals surface area contributed by atoms with E-state index in [0.29, 0.717) is 48.3 Å². The lowest BCUT2D eigenvalue weighted by Gasteiger charge is -2.30. The molecule has 3 aliphatic heterocycles. The number of rotatable bonds is 18. The number of nitriles is 1. The molecule has 3 aromatic heterocycles. The van der Waals surface area contributed by atoms with Crippen molar-refractivity contribution in [3.8, 4) is 51.3 Å². The molecule has 3 aliphatic rings. The summed E-state index contributed by atoms with van der Waals surface area (Å²) in [5.41, 5.74) is 6.22. The lowest BCUT2D eigenvalue weighted by molar-refractivity contribution is -0.142. The molecule has 5 N–H and O–H groups in total. The van der Waals surface area contributed by atoms with E-state index >= 15 is 17.6 Å². The second-order valence-corrected chi connectivity index (χ2v) is 22.6.